The lowest BCUT2D eigenvalue weighted by molar-refractivity contribution is -0.600. The minimum absolute atomic E-state index is 0.705. The molecule has 0 unspecified atom stereocenters. The SMILES string of the molecule is OC[C@](F)(OC(F)(F)[C@](F)(OC(F)(F)[C@@](F)(OC(F)(F)[C@@](F)(OC(F)(F)[C@@](F)(OC(F)(F)C(F)(F)C(F)(F)F)C(F)(F)F)C(F)(F)F)C(F)(F)F)C(F)(F)F)C(F)(F)F. The van der Waals surface area contributed by atoms with Gasteiger partial charge in [0.05, 0.1) is 0 Å². The summed E-state index contributed by atoms with van der Waals surface area (Å²) >= 11 is 0. The Morgan fingerprint density at radius 3 is 0.576 bits per heavy atom. The Morgan fingerprint density at radius 1 is 0.237 bits per heavy atom. The van der Waals surface area contributed by atoms with Crippen molar-refractivity contribution in [2.45, 2.75) is 103 Å². The van der Waals surface area contributed by atoms with E-state index in [0.717, 1.165) is 9.47 Å². The highest BCUT2D eigenvalue weighted by Crippen LogP contribution is 2.62. The summed E-state index contributed by atoms with van der Waals surface area (Å²) in [4.78, 5) is 0. The highest BCUT2D eigenvalue weighted by Gasteiger charge is 2.91. The van der Waals surface area contributed by atoms with Crippen molar-refractivity contribution in [2.75, 3.05) is 6.61 Å². The molecule has 356 valence electrons. The quantitative estimate of drug-likeness (QED) is 0.156. The monoisotopic (exact) mass is 980 g/mol. The Labute approximate surface area is 293 Å². The van der Waals surface area contributed by atoms with E-state index in [4.69, 9.17) is 5.11 Å². The Bertz CT molecular complexity index is 1450. The predicted octanol–water partition coefficient (Wildman–Crippen LogP) is 10.4. The van der Waals surface area contributed by atoms with E-state index in [1.807, 2.05) is 0 Å². The van der Waals surface area contributed by atoms with Gasteiger partial charge in [-0.05, 0) is 0 Å². The smallest absolute Gasteiger partial charge is 0.390 e. The van der Waals surface area contributed by atoms with Crippen molar-refractivity contribution in [1.82, 2.24) is 0 Å². The van der Waals surface area contributed by atoms with Gasteiger partial charge in [-0.25, -0.2) is 0 Å². The molecule has 0 amide bonds. The number of alkyl halides is 35. The molecule has 0 aliphatic carbocycles. The van der Waals surface area contributed by atoms with Crippen LogP contribution in [0.15, 0.2) is 0 Å². The zero-order valence-corrected chi connectivity index (χ0v) is 24.9. The average molecular weight is 980 g/mol. The highest BCUT2D eigenvalue weighted by molar-refractivity contribution is 5.00. The third-order valence-corrected chi connectivity index (χ3v) is 5.67. The van der Waals surface area contributed by atoms with Gasteiger partial charge in [-0.15, -0.1) is 0 Å². The third kappa shape index (κ3) is 9.40. The van der Waals surface area contributed by atoms with Gasteiger partial charge in [0, 0.05) is 0 Å². The van der Waals surface area contributed by atoms with Crippen LogP contribution in [0.5, 0.6) is 0 Å². The zero-order valence-electron chi connectivity index (χ0n) is 24.9. The summed E-state index contributed by atoms with van der Waals surface area (Å²) in [6, 6.07) is 0. The van der Waals surface area contributed by atoms with Crippen LogP contribution in [-0.4, -0.2) is 115 Å². The molecular formula is C18H3F35O6. The van der Waals surface area contributed by atoms with Crippen molar-refractivity contribution in [3.05, 3.63) is 0 Å². The number of aliphatic hydroxyl groups excluding tert-OH is 1. The number of hydrogen-bond acceptors (Lipinski definition) is 6. The lowest BCUT2D eigenvalue weighted by Gasteiger charge is -2.44. The van der Waals surface area contributed by atoms with Crippen LogP contribution < -0.4 is 0 Å². The third-order valence-electron chi connectivity index (χ3n) is 5.67. The van der Waals surface area contributed by atoms with Crippen molar-refractivity contribution in [3.8, 4) is 0 Å². The van der Waals surface area contributed by atoms with E-state index >= 15 is 0 Å². The van der Waals surface area contributed by atoms with Crippen LogP contribution in [0.25, 0.3) is 0 Å². The first-order chi connectivity index (χ1) is 24.8. The summed E-state index contributed by atoms with van der Waals surface area (Å²) in [5.41, 5.74) is 0. The molecule has 0 aliphatic rings. The standard InChI is InChI=1S/C18H3F35O6/c19-2(1-54,8(26,27)28)55-15(46,47)4(22,10(32,33)34)57-17(50,51)6(24,12(38,39)40)59-18(52,53)7(25,13(41,42)43)58-16(48,49)5(23,11(35,36)37)56-14(44,45)3(20,21)9(29,30)31/h54H,1H2/t2-,4+,5-,6-,7-/m0/s1. The van der Waals surface area contributed by atoms with Crippen LogP contribution in [0.4, 0.5) is 154 Å². The summed E-state index contributed by atoms with van der Waals surface area (Å²) in [7, 11) is 0. The number of hydrogen-bond donors (Lipinski definition) is 1. The number of rotatable bonds is 16. The molecule has 59 heavy (non-hydrogen) atoms. The fourth-order valence-electron chi connectivity index (χ4n) is 2.71. The molecule has 0 spiro atoms. The molecule has 0 saturated carbocycles. The Hall–Kier alpha value is -2.69. The summed E-state index contributed by atoms with van der Waals surface area (Å²) in [5, 5.41) is 8.13. The molecule has 0 bridgehead atoms. The number of halogens is 35. The van der Waals surface area contributed by atoms with Gasteiger partial charge in [-0.1, -0.05) is 0 Å². The fraction of sp³-hybridized carbons (Fsp3) is 1.00. The lowest BCUT2D eigenvalue weighted by atomic mass is 10.2. The molecule has 0 saturated heterocycles. The largest absolute Gasteiger partial charge is 0.462 e. The van der Waals surface area contributed by atoms with E-state index in [0.29, 0.717) is 9.47 Å². The minimum atomic E-state index is -9.58. The molecule has 0 rings (SSSR count). The van der Waals surface area contributed by atoms with Crippen LogP contribution in [0.2, 0.25) is 0 Å². The maximum absolute atomic E-state index is 14.6. The van der Waals surface area contributed by atoms with Gasteiger partial charge < -0.3 is 5.11 Å². The second kappa shape index (κ2) is 14.7. The molecule has 1 N–H and O–H groups in total. The van der Waals surface area contributed by atoms with E-state index in [1.165, 1.54) is 4.74 Å². The molecule has 0 aromatic carbocycles. The van der Waals surface area contributed by atoms with Crippen LogP contribution >= 0.6 is 0 Å². The molecule has 0 aromatic heterocycles. The Balaban J connectivity index is 7.96. The summed E-state index contributed by atoms with van der Waals surface area (Å²) in [6.07, 6.45) is -97.2. The topological polar surface area (TPSA) is 66.4 Å². The molecule has 5 atom stereocenters. The normalized spacial score (nSPS) is 20.9. The van der Waals surface area contributed by atoms with Crippen molar-refractivity contribution < 1.29 is 182 Å². The van der Waals surface area contributed by atoms with Crippen molar-refractivity contribution in [2.24, 2.45) is 0 Å². The van der Waals surface area contributed by atoms with Gasteiger partial charge in [-0.2, -0.15) is 154 Å². The van der Waals surface area contributed by atoms with Crippen LogP contribution in [0.3, 0.4) is 0 Å². The van der Waals surface area contributed by atoms with E-state index in [2.05, 4.69) is 0 Å². The predicted molar refractivity (Wildman–Crippen MR) is 97.7 cm³/mol. The van der Waals surface area contributed by atoms with Gasteiger partial charge in [0.25, 0.3) is 0 Å². The van der Waals surface area contributed by atoms with Gasteiger partial charge in [-0.3, -0.25) is 23.7 Å². The molecule has 0 fully saturated rings. The summed E-state index contributed by atoms with van der Waals surface area (Å²) in [5.74, 6) is -52.8. The van der Waals surface area contributed by atoms with Gasteiger partial charge in [0.2, 0.25) is 0 Å². The highest BCUT2D eigenvalue weighted by atomic mass is 19.5. The van der Waals surface area contributed by atoms with Crippen molar-refractivity contribution in [3.63, 3.8) is 0 Å². The Morgan fingerprint density at radius 2 is 0.424 bits per heavy atom. The molecular weight excluding hydrogens is 977 g/mol. The van der Waals surface area contributed by atoms with Gasteiger partial charge in [0.15, 0.2) is 0 Å². The van der Waals surface area contributed by atoms with E-state index in [-0.39, 0.29) is 0 Å². The van der Waals surface area contributed by atoms with Crippen molar-refractivity contribution in [1.29, 1.82) is 0 Å². The van der Waals surface area contributed by atoms with Crippen LogP contribution in [-0.2, 0) is 23.7 Å². The maximum atomic E-state index is 14.6. The number of ether oxygens (including phenoxy) is 5. The Kier molecular flexibility index (Phi) is 14.0. The summed E-state index contributed by atoms with van der Waals surface area (Å²) in [6.45, 7) is -3.90. The maximum Gasteiger partial charge on any atom is 0.462 e. The van der Waals surface area contributed by atoms with Gasteiger partial charge in [0.1, 0.15) is 6.61 Å². The van der Waals surface area contributed by atoms with E-state index in [1.54, 1.807) is 0 Å². The molecule has 0 aromatic rings. The molecule has 41 heteroatoms. The first-order valence-corrected chi connectivity index (χ1v) is 12.1. The lowest BCUT2D eigenvalue weighted by Crippen LogP contribution is -2.73. The van der Waals surface area contributed by atoms with Crippen LogP contribution in [0.1, 0.15) is 0 Å². The second-order valence-electron chi connectivity index (χ2n) is 9.92. The zero-order chi connectivity index (χ0) is 48.7. The molecule has 0 aliphatic heterocycles. The summed E-state index contributed by atoms with van der Waals surface area (Å²) < 4.78 is 472. The molecule has 6 nitrogen and oxygen atoms in total. The van der Waals surface area contributed by atoms with Crippen LogP contribution in [0, 0.1) is 0 Å². The molecule has 0 heterocycles. The number of aliphatic hydroxyl groups is 1. The molecule has 0 radical (unpaired) electrons. The van der Waals surface area contributed by atoms with E-state index in [9.17, 15) is 154 Å². The minimum Gasteiger partial charge on any atom is -0.390 e. The van der Waals surface area contributed by atoms with Gasteiger partial charge >= 0.3 is 103 Å². The first-order valence-electron chi connectivity index (χ1n) is 12.1. The van der Waals surface area contributed by atoms with Crippen molar-refractivity contribution >= 4 is 0 Å². The average Bonchev–Trinajstić information content (AvgIpc) is 2.91. The fourth-order valence-corrected chi connectivity index (χ4v) is 2.71. The first kappa shape index (κ1) is 56.3. The second-order valence-corrected chi connectivity index (χ2v) is 9.92. The van der Waals surface area contributed by atoms with E-state index < -0.39 is 109 Å².